The Morgan fingerprint density at radius 3 is 0.674 bits per heavy atom. The second-order valence-corrected chi connectivity index (χ2v) is 8.44. The van der Waals surface area contributed by atoms with Crippen molar-refractivity contribution in [1.29, 1.82) is 0 Å². The molecule has 0 radical (unpaired) electrons. The molecule has 14 nitrogen and oxygen atoms in total. The average molecular weight is 633 g/mol. The van der Waals surface area contributed by atoms with Gasteiger partial charge < -0.3 is 51.9 Å². The highest BCUT2D eigenvalue weighted by Gasteiger charge is 1.92. The van der Waals surface area contributed by atoms with Crippen molar-refractivity contribution in [1.82, 2.24) is 21.3 Å². The summed E-state index contributed by atoms with van der Waals surface area (Å²) in [6, 6.07) is 0. The third-order valence-electron chi connectivity index (χ3n) is 3.84. The van der Waals surface area contributed by atoms with Gasteiger partial charge in [0, 0.05) is 13.2 Å². The van der Waals surface area contributed by atoms with Gasteiger partial charge in [-0.3, -0.25) is 19.2 Å². The number of carboxylic acids is 4. The van der Waals surface area contributed by atoms with Crippen molar-refractivity contribution in [2.75, 3.05) is 65.6 Å². The lowest BCUT2D eigenvalue weighted by molar-refractivity contribution is -0.136. The Hall–Kier alpha value is -2.36. The van der Waals surface area contributed by atoms with Crippen molar-refractivity contribution in [2.45, 2.75) is 100 Å². The van der Waals surface area contributed by atoms with Gasteiger partial charge in [-0.2, -0.15) is 0 Å². The van der Waals surface area contributed by atoms with Crippen molar-refractivity contribution < 1.29 is 49.8 Å². The first kappa shape index (κ1) is 56.4. The van der Waals surface area contributed by atoms with Gasteiger partial charge in [0.2, 0.25) is 0 Å². The number of hydrogen-bond acceptors (Lipinski definition) is 10. The third-order valence-corrected chi connectivity index (χ3v) is 3.84. The molecule has 0 aliphatic carbocycles. The Kier molecular flexibility index (Phi) is 77.6. The number of hydrogen-bond donors (Lipinski definition) is 10. The predicted molar refractivity (Wildman–Crippen MR) is 174 cm³/mol. The molecule has 0 aliphatic heterocycles. The van der Waals surface area contributed by atoms with Crippen molar-refractivity contribution >= 4 is 23.9 Å². The molecular formula is C29H68N4O10. The zero-order valence-corrected chi connectivity index (χ0v) is 27.0. The highest BCUT2D eigenvalue weighted by atomic mass is 16.4. The fourth-order valence-electron chi connectivity index (χ4n) is 1.80. The van der Waals surface area contributed by atoms with E-state index >= 15 is 0 Å². The molecule has 0 saturated heterocycles. The van der Waals surface area contributed by atoms with Crippen LogP contribution in [-0.2, 0) is 19.2 Å². The van der Waals surface area contributed by atoms with Crippen LogP contribution in [0.15, 0.2) is 0 Å². The van der Waals surface area contributed by atoms with Gasteiger partial charge in [0.15, 0.2) is 0 Å². The van der Waals surface area contributed by atoms with Crippen LogP contribution in [0.25, 0.3) is 0 Å². The first-order valence-electron chi connectivity index (χ1n) is 14.8. The summed E-state index contributed by atoms with van der Waals surface area (Å²) in [6.45, 7) is 16.2. The lowest BCUT2D eigenvalue weighted by Gasteiger charge is -1.94. The van der Waals surface area contributed by atoms with E-state index in [1.807, 2.05) is 27.7 Å². The summed E-state index contributed by atoms with van der Waals surface area (Å²) in [4.78, 5) is 39.2. The molecule has 0 unspecified atom stereocenters. The van der Waals surface area contributed by atoms with Gasteiger partial charge in [-0.25, -0.2) is 0 Å². The molecule has 0 aromatic carbocycles. The maximum Gasteiger partial charge on any atom is 0.317 e. The maximum absolute atomic E-state index is 9.81. The number of nitrogens with one attached hydrogen (secondary N) is 4. The summed E-state index contributed by atoms with van der Waals surface area (Å²) < 4.78 is 0. The molecule has 0 heterocycles. The Balaban J connectivity index is -0.0000000728. The fraction of sp³-hybridized carbons (Fsp3) is 0.862. The van der Waals surface area contributed by atoms with Crippen LogP contribution in [0.5, 0.6) is 0 Å². The average Bonchev–Trinajstić information content (AvgIpc) is 2.91. The standard InChI is InChI=1S/4C5H11NO2.2C4H10O.CH4/c4*1-2-3-6-4-5(7)8;2*1-2-3-4-5;/h4*6H,2-4H2,1H3,(H,7,8);2*5H,2-4H2,1H3;1H4. The Bertz CT molecular complexity index is 453. The van der Waals surface area contributed by atoms with Crippen LogP contribution in [0, 0.1) is 0 Å². The zero-order valence-electron chi connectivity index (χ0n) is 27.0. The summed E-state index contributed by atoms with van der Waals surface area (Å²) in [7, 11) is 0. The molecule has 0 amide bonds. The smallest absolute Gasteiger partial charge is 0.317 e. The molecule has 0 atom stereocenters. The number of carbonyl (C=O) groups is 4. The first-order valence-corrected chi connectivity index (χ1v) is 14.8. The SMILES string of the molecule is C.CCCCO.CCCCO.CCCNCC(=O)O.CCCNCC(=O)O.CCCNCC(=O)O.CCCNCC(=O)O. The topological polar surface area (TPSA) is 238 Å². The lowest BCUT2D eigenvalue weighted by Crippen LogP contribution is -2.22. The van der Waals surface area contributed by atoms with Gasteiger partial charge in [0.1, 0.15) is 0 Å². The molecule has 14 heteroatoms. The van der Waals surface area contributed by atoms with E-state index in [0.717, 1.165) is 77.5 Å². The monoisotopic (exact) mass is 632 g/mol. The summed E-state index contributed by atoms with van der Waals surface area (Å²) >= 11 is 0. The molecule has 43 heavy (non-hydrogen) atoms. The third kappa shape index (κ3) is 120. The highest BCUT2D eigenvalue weighted by Crippen LogP contribution is 1.79. The van der Waals surface area contributed by atoms with Gasteiger partial charge in [-0.15, -0.1) is 0 Å². The van der Waals surface area contributed by atoms with E-state index in [9.17, 15) is 19.2 Å². The molecule has 0 aliphatic rings. The van der Waals surface area contributed by atoms with Crippen LogP contribution in [0.4, 0.5) is 0 Å². The minimum Gasteiger partial charge on any atom is -0.480 e. The van der Waals surface area contributed by atoms with Crippen molar-refractivity contribution in [3.05, 3.63) is 0 Å². The van der Waals surface area contributed by atoms with Gasteiger partial charge in [-0.05, 0) is 64.7 Å². The number of aliphatic hydroxyl groups excluding tert-OH is 2. The fourth-order valence-corrected chi connectivity index (χ4v) is 1.80. The Morgan fingerprint density at radius 1 is 0.419 bits per heavy atom. The van der Waals surface area contributed by atoms with Gasteiger partial charge >= 0.3 is 23.9 Å². The van der Waals surface area contributed by atoms with E-state index in [1.165, 1.54) is 0 Å². The van der Waals surface area contributed by atoms with E-state index in [2.05, 4.69) is 35.1 Å². The van der Waals surface area contributed by atoms with Crippen molar-refractivity contribution in [3.8, 4) is 0 Å². The second kappa shape index (κ2) is 59.1. The first-order chi connectivity index (χ1) is 19.9. The van der Waals surface area contributed by atoms with Crippen LogP contribution < -0.4 is 21.3 Å². The van der Waals surface area contributed by atoms with E-state index in [4.69, 9.17) is 30.6 Å². The summed E-state index contributed by atoms with van der Waals surface area (Å²) in [5.74, 6) is -3.17. The molecular weight excluding hydrogens is 564 g/mol. The number of aliphatic carboxylic acids is 4. The van der Waals surface area contributed by atoms with E-state index in [-0.39, 0.29) is 33.6 Å². The normalized spacial score (nSPS) is 8.74. The summed E-state index contributed by atoms with van der Waals surface area (Å²) in [5.41, 5.74) is 0. The van der Waals surface area contributed by atoms with Gasteiger partial charge in [-0.1, -0.05) is 61.8 Å². The number of rotatable bonds is 20. The minimum absolute atomic E-state index is 0. The van der Waals surface area contributed by atoms with Crippen LogP contribution >= 0.6 is 0 Å². The molecule has 0 rings (SSSR count). The van der Waals surface area contributed by atoms with E-state index in [1.54, 1.807) is 0 Å². The predicted octanol–water partition coefficient (Wildman–Crippen LogP) is 2.48. The molecule has 10 N–H and O–H groups in total. The summed E-state index contributed by atoms with van der Waals surface area (Å²) in [6.07, 6.45) is 7.99. The van der Waals surface area contributed by atoms with Crippen LogP contribution in [0.1, 0.15) is 100 Å². The molecule has 0 spiro atoms. The summed E-state index contributed by atoms with van der Waals surface area (Å²) in [5, 5.41) is 59.4. The second-order valence-electron chi connectivity index (χ2n) is 8.44. The largest absolute Gasteiger partial charge is 0.480 e. The van der Waals surface area contributed by atoms with Gasteiger partial charge in [0.05, 0.1) is 26.2 Å². The van der Waals surface area contributed by atoms with Crippen LogP contribution in [0.2, 0.25) is 0 Å². The lowest BCUT2D eigenvalue weighted by atomic mass is 10.4. The van der Waals surface area contributed by atoms with Crippen LogP contribution in [0.3, 0.4) is 0 Å². The highest BCUT2D eigenvalue weighted by molar-refractivity contribution is 5.69. The molecule has 0 aromatic rings. The van der Waals surface area contributed by atoms with Gasteiger partial charge in [0.25, 0.3) is 0 Å². The zero-order chi connectivity index (χ0) is 33.9. The maximum atomic E-state index is 9.81. The number of aliphatic hydroxyl groups is 2. The molecule has 0 bridgehead atoms. The number of unbranched alkanes of at least 4 members (excludes halogenated alkanes) is 2. The molecule has 264 valence electrons. The number of carboxylic acid groups (broad SMARTS) is 4. The quantitative estimate of drug-likeness (QED) is 0.0868. The Labute approximate surface area is 261 Å². The van der Waals surface area contributed by atoms with Crippen LogP contribution in [-0.4, -0.2) is 120 Å². The van der Waals surface area contributed by atoms with Crippen molar-refractivity contribution in [3.63, 3.8) is 0 Å². The molecule has 0 fully saturated rings. The molecule has 0 aromatic heterocycles. The van der Waals surface area contributed by atoms with Crippen molar-refractivity contribution in [2.24, 2.45) is 0 Å². The minimum atomic E-state index is -0.793. The Morgan fingerprint density at radius 2 is 0.605 bits per heavy atom. The molecule has 0 saturated carbocycles. The van der Waals surface area contributed by atoms with E-state index < -0.39 is 23.9 Å². The van der Waals surface area contributed by atoms with E-state index in [0.29, 0.717) is 13.2 Å².